The van der Waals surface area contributed by atoms with E-state index in [1.54, 1.807) is 0 Å². The molecule has 0 radical (unpaired) electrons. The first kappa shape index (κ1) is 11.2. The molecule has 1 aromatic rings. The van der Waals surface area contributed by atoms with Gasteiger partial charge in [0.1, 0.15) is 0 Å². The van der Waals surface area contributed by atoms with E-state index in [1.165, 1.54) is 0 Å². The molecule has 92 valence electrons. The minimum absolute atomic E-state index is 0.0287. The highest BCUT2D eigenvalue weighted by Gasteiger charge is 2.46. The van der Waals surface area contributed by atoms with E-state index in [9.17, 15) is 5.11 Å². The molecule has 0 aromatic heterocycles. The molecule has 0 spiro atoms. The van der Waals surface area contributed by atoms with Crippen molar-refractivity contribution in [3.8, 4) is 0 Å². The second-order valence-corrected chi connectivity index (χ2v) is 5.21. The van der Waals surface area contributed by atoms with E-state index in [0.717, 1.165) is 37.2 Å². The second-order valence-electron chi connectivity index (χ2n) is 5.21. The molecule has 1 aromatic carbocycles. The van der Waals surface area contributed by atoms with Crippen LogP contribution in [0.3, 0.4) is 0 Å². The Morgan fingerprint density at radius 1 is 1.24 bits per heavy atom. The molecule has 3 nitrogen and oxygen atoms in total. The molecular formula is C14H19NO2. The average Bonchev–Trinajstić information content (AvgIpc) is 2.65. The van der Waals surface area contributed by atoms with Gasteiger partial charge in [0.25, 0.3) is 0 Å². The zero-order chi connectivity index (χ0) is 11.9. The Morgan fingerprint density at radius 2 is 1.94 bits per heavy atom. The average molecular weight is 233 g/mol. The molecule has 2 unspecified atom stereocenters. The number of hydrogen-bond donors (Lipinski definition) is 2. The number of hydrogen-bond acceptors (Lipinski definition) is 3. The minimum atomic E-state index is -0.736. The molecule has 2 aliphatic rings. The molecule has 0 bridgehead atoms. The van der Waals surface area contributed by atoms with Gasteiger partial charge in [-0.25, -0.2) is 0 Å². The molecule has 3 N–H and O–H groups in total. The predicted molar refractivity (Wildman–Crippen MR) is 65.4 cm³/mol. The van der Waals surface area contributed by atoms with Gasteiger partial charge in [0.15, 0.2) is 0 Å². The lowest BCUT2D eigenvalue weighted by molar-refractivity contribution is -0.0717. The Labute approximate surface area is 102 Å². The van der Waals surface area contributed by atoms with Crippen molar-refractivity contribution < 1.29 is 9.84 Å². The fourth-order valence-corrected chi connectivity index (χ4v) is 3.33. The summed E-state index contributed by atoms with van der Waals surface area (Å²) in [5.41, 5.74) is 7.55. The van der Waals surface area contributed by atoms with Crippen LogP contribution < -0.4 is 5.73 Å². The van der Waals surface area contributed by atoms with Crippen LogP contribution in [0.4, 0.5) is 0 Å². The van der Waals surface area contributed by atoms with Crippen LogP contribution in [0.15, 0.2) is 24.3 Å². The molecular weight excluding hydrogens is 214 g/mol. The van der Waals surface area contributed by atoms with Crippen LogP contribution in [0.5, 0.6) is 0 Å². The molecule has 1 aliphatic heterocycles. The number of benzene rings is 1. The summed E-state index contributed by atoms with van der Waals surface area (Å²) < 4.78 is 5.38. The quantitative estimate of drug-likeness (QED) is 0.776. The SMILES string of the molecule is NC1CC(O)(C2CCOCC2)c2ccccc21. The maximum Gasteiger partial charge on any atom is 0.0947 e. The maximum atomic E-state index is 11.0. The molecule has 0 amide bonds. The summed E-state index contributed by atoms with van der Waals surface area (Å²) in [7, 11) is 0. The summed E-state index contributed by atoms with van der Waals surface area (Å²) in [6, 6.07) is 8.02. The van der Waals surface area contributed by atoms with Crippen molar-refractivity contribution in [1.82, 2.24) is 0 Å². The minimum Gasteiger partial charge on any atom is -0.385 e. The van der Waals surface area contributed by atoms with Gasteiger partial charge >= 0.3 is 0 Å². The van der Waals surface area contributed by atoms with Crippen molar-refractivity contribution in [2.45, 2.75) is 30.9 Å². The lowest BCUT2D eigenvalue weighted by atomic mass is 9.78. The van der Waals surface area contributed by atoms with Crippen molar-refractivity contribution in [2.75, 3.05) is 13.2 Å². The number of nitrogens with two attached hydrogens (primary N) is 1. The summed E-state index contributed by atoms with van der Waals surface area (Å²) in [4.78, 5) is 0. The van der Waals surface area contributed by atoms with Crippen molar-refractivity contribution in [2.24, 2.45) is 11.7 Å². The van der Waals surface area contributed by atoms with Gasteiger partial charge in [-0.1, -0.05) is 24.3 Å². The Bertz CT molecular complexity index is 414. The molecule has 1 aliphatic carbocycles. The van der Waals surface area contributed by atoms with Crippen LogP contribution in [0.1, 0.15) is 36.4 Å². The topological polar surface area (TPSA) is 55.5 Å². The van der Waals surface area contributed by atoms with E-state index >= 15 is 0 Å². The first-order valence-electron chi connectivity index (χ1n) is 6.37. The largest absolute Gasteiger partial charge is 0.385 e. The van der Waals surface area contributed by atoms with Crippen LogP contribution in [0.25, 0.3) is 0 Å². The van der Waals surface area contributed by atoms with Crippen molar-refractivity contribution in [3.63, 3.8) is 0 Å². The standard InChI is InChI=1S/C14H19NO2/c15-13-9-14(16,10-5-7-17-8-6-10)12-4-2-1-3-11(12)13/h1-4,10,13,16H,5-9,15H2. The Kier molecular flexibility index (Phi) is 2.69. The van der Waals surface area contributed by atoms with E-state index in [-0.39, 0.29) is 12.0 Å². The van der Waals surface area contributed by atoms with Gasteiger partial charge in [0.05, 0.1) is 5.60 Å². The third kappa shape index (κ3) is 1.69. The Balaban J connectivity index is 1.98. The normalized spacial score (nSPS) is 33.6. The van der Waals surface area contributed by atoms with Gasteiger partial charge in [-0.2, -0.15) is 0 Å². The predicted octanol–water partition coefficient (Wildman–Crippen LogP) is 1.70. The molecule has 1 heterocycles. The number of rotatable bonds is 1. The fourth-order valence-electron chi connectivity index (χ4n) is 3.33. The first-order valence-corrected chi connectivity index (χ1v) is 6.37. The smallest absolute Gasteiger partial charge is 0.0947 e. The van der Waals surface area contributed by atoms with E-state index in [1.807, 2.05) is 24.3 Å². The zero-order valence-electron chi connectivity index (χ0n) is 9.93. The lowest BCUT2D eigenvalue weighted by Gasteiger charge is -2.36. The highest BCUT2D eigenvalue weighted by Crippen LogP contribution is 2.49. The van der Waals surface area contributed by atoms with E-state index in [4.69, 9.17) is 10.5 Å². The first-order chi connectivity index (χ1) is 8.22. The van der Waals surface area contributed by atoms with Gasteiger partial charge < -0.3 is 15.6 Å². The third-order valence-corrected chi connectivity index (χ3v) is 4.25. The van der Waals surface area contributed by atoms with Crippen molar-refractivity contribution in [1.29, 1.82) is 0 Å². The molecule has 0 saturated carbocycles. The highest BCUT2D eigenvalue weighted by molar-refractivity contribution is 5.40. The van der Waals surface area contributed by atoms with Gasteiger partial charge in [0, 0.05) is 19.3 Å². The van der Waals surface area contributed by atoms with Crippen molar-refractivity contribution >= 4 is 0 Å². The summed E-state index contributed by atoms with van der Waals surface area (Å²) in [5.74, 6) is 0.283. The van der Waals surface area contributed by atoms with Gasteiger partial charge in [0.2, 0.25) is 0 Å². The highest BCUT2D eigenvalue weighted by atomic mass is 16.5. The summed E-state index contributed by atoms with van der Waals surface area (Å²) in [6.07, 6.45) is 2.51. The van der Waals surface area contributed by atoms with E-state index in [0.29, 0.717) is 6.42 Å². The van der Waals surface area contributed by atoms with E-state index in [2.05, 4.69) is 0 Å². The van der Waals surface area contributed by atoms with Crippen LogP contribution in [0, 0.1) is 5.92 Å². The Morgan fingerprint density at radius 3 is 2.71 bits per heavy atom. The van der Waals surface area contributed by atoms with Crippen molar-refractivity contribution in [3.05, 3.63) is 35.4 Å². The van der Waals surface area contributed by atoms with Gasteiger partial charge in [-0.3, -0.25) is 0 Å². The number of aliphatic hydroxyl groups is 1. The monoisotopic (exact) mass is 233 g/mol. The Hall–Kier alpha value is -0.900. The second kappa shape index (κ2) is 4.09. The zero-order valence-corrected chi connectivity index (χ0v) is 9.93. The van der Waals surface area contributed by atoms with Crippen LogP contribution in [-0.4, -0.2) is 18.3 Å². The summed E-state index contributed by atoms with van der Waals surface area (Å²) in [5, 5.41) is 11.0. The van der Waals surface area contributed by atoms with Crippen LogP contribution >= 0.6 is 0 Å². The maximum absolute atomic E-state index is 11.0. The lowest BCUT2D eigenvalue weighted by Crippen LogP contribution is -2.37. The number of fused-ring (bicyclic) bond motifs is 1. The molecule has 1 saturated heterocycles. The van der Waals surface area contributed by atoms with Crippen LogP contribution in [-0.2, 0) is 10.3 Å². The molecule has 2 atom stereocenters. The van der Waals surface area contributed by atoms with Gasteiger partial charge in [-0.05, 0) is 36.3 Å². The van der Waals surface area contributed by atoms with E-state index < -0.39 is 5.60 Å². The summed E-state index contributed by atoms with van der Waals surface area (Å²) >= 11 is 0. The number of ether oxygens (including phenoxy) is 1. The molecule has 17 heavy (non-hydrogen) atoms. The molecule has 3 rings (SSSR count). The third-order valence-electron chi connectivity index (χ3n) is 4.25. The van der Waals surface area contributed by atoms with Crippen LogP contribution in [0.2, 0.25) is 0 Å². The summed E-state index contributed by atoms with van der Waals surface area (Å²) in [6.45, 7) is 1.51. The molecule has 1 fully saturated rings. The van der Waals surface area contributed by atoms with Gasteiger partial charge in [-0.15, -0.1) is 0 Å². The fraction of sp³-hybridized carbons (Fsp3) is 0.571. The molecule has 3 heteroatoms.